The van der Waals surface area contributed by atoms with Crippen LogP contribution in [0.15, 0.2) is 0 Å². The number of carboxylic acid groups (broad SMARTS) is 1. The standard InChI is InChI=1S/C22H42O4/c1-3-5-7-9-10-11-12-13-14-16-19(23)18-21(24)20(22(25)26)17-15-8-6-4-2/h20-21,24H,3-18H2,1-2H3,(H,25,26)/t20-,21-/m0/s1. The van der Waals surface area contributed by atoms with Gasteiger partial charge in [-0.15, -0.1) is 0 Å². The lowest BCUT2D eigenvalue weighted by Gasteiger charge is -2.18. The van der Waals surface area contributed by atoms with Crippen molar-refractivity contribution in [2.75, 3.05) is 0 Å². The molecule has 2 atom stereocenters. The van der Waals surface area contributed by atoms with Gasteiger partial charge in [0, 0.05) is 12.8 Å². The van der Waals surface area contributed by atoms with Crippen LogP contribution in [-0.4, -0.2) is 28.1 Å². The van der Waals surface area contributed by atoms with Crippen LogP contribution < -0.4 is 0 Å². The number of aliphatic carboxylic acids is 1. The summed E-state index contributed by atoms with van der Waals surface area (Å²) in [6.07, 6.45) is 14.7. The fraction of sp³-hybridized carbons (Fsp3) is 0.909. The number of aliphatic hydroxyl groups excluding tert-OH is 1. The van der Waals surface area contributed by atoms with Gasteiger partial charge < -0.3 is 10.2 Å². The predicted octanol–water partition coefficient (Wildman–Crippen LogP) is 5.90. The number of aliphatic hydroxyl groups is 1. The molecule has 0 amide bonds. The van der Waals surface area contributed by atoms with Gasteiger partial charge in [-0.3, -0.25) is 9.59 Å². The summed E-state index contributed by atoms with van der Waals surface area (Å²) >= 11 is 0. The normalized spacial score (nSPS) is 13.5. The quantitative estimate of drug-likeness (QED) is 0.278. The Hall–Kier alpha value is -0.900. The predicted molar refractivity (Wildman–Crippen MR) is 107 cm³/mol. The highest BCUT2D eigenvalue weighted by atomic mass is 16.4. The van der Waals surface area contributed by atoms with Crippen LogP contribution in [0, 0.1) is 5.92 Å². The van der Waals surface area contributed by atoms with Crippen molar-refractivity contribution >= 4 is 11.8 Å². The second-order valence-corrected chi connectivity index (χ2v) is 7.68. The molecular formula is C22H42O4. The third-order valence-corrected chi connectivity index (χ3v) is 5.15. The van der Waals surface area contributed by atoms with Crippen LogP contribution in [0.5, 0.6) is 0 Å². The van der Waals surface area contributed by atoms with Crippen LogP contribution in [0.2, 0.25) is 0 Å². The molecule has 2 N–H and O–H groups in total. The fourth-order valence-electron chi connectivity index (χ4n) is 3.38. The van der Waals surface area contributed by atoms with E-state index in [0.717, 1.165) is 44.9 Å². The van der Waals surface area contributed by atoms with Gasteiger partial charge in [-0.05, 0) is 12.8 Å². The van der Waals surface area contributed by atoms with E-state index >= 15 is 0 Å². The highest BCUT2D eigenvalue weighted by Gasteiger charge is 2.27. The second kappa shape index (κ2) is 17.5. The van der Waals surface area contributed by atoms with E-state index in [0.29, 0.717) is 12.8 Å². The minimum Gasteiger partial charge on any atom is -0.481 e. The lowest BCUT2D eigenvalue weighted by molar-refractivity contribution is -0.146. The lowest BCUT2D eigenvalue weighted by Crippen LogP contribution is -2.30. The Bertz CT molecular complexity index is 354. The van der Waals surface area contributed by atoms with Gasteiger partial charge in [-0.2, -0.15) is 0 Å². The zero-order chi connectivity index (χ0) is 19.6. The number of hydrogen-bond donors (Lipinski definition) is 2. The Kier molecular flexibility index (Phi) is 16.9. The summed E-state index contributed by atoms with van der Waals surface area (Å²) in [5, 5.41) is 19.4. The molecule has 0 aliphatic rings. The van der Waals surface area contributed by atoms with E-state index < -0.39 is 18.0 Å². The number of carbonyl (C=O) groups is 2. The maximum absolute atomic E-state index is 12.0. The first-order valence-corrected chi connectivity index (χ1v) is 10.9. The van der Waals surface area contributed by atoms with Gasteiger partial charge in [0.05, 0.1) is 12.0 Å². The van der Waals surface area contributed by atoms with E-state index in [-0.39, 0.29) is 12.2 Å². The number of hydrogen-bond acceptors (Lipinski definition) is 3. The number of ketones is 1. The third-order valence-electron chi connectivity index (χ3n) is 5.15. The van der Waals surface area contributed by atoms with Gasteiger partial charge in [-0.25, -0.2) is 0 Å². The molecule has 0 spiro atoms. The van der Waals surface area contributed by atoms with E-state index in [2.05, 4.69) is 13.8 Å². The Balaban J connectivity index is 3.82. The first kappa shape index (κ1) is 25.1. The summed E-state index contributed by atoms with van der Waals surface area (Å²) in [5.74, 6) is -1.79. The molecule has 4 heteroatoms. The van der Waals surface area contributed by atoms with Crippen molar-refractivity contribution in [1.82, 2.24) is 0 Å². The minimum atomic E-state index is -1.04. The SMILES string of the molecule is CCCCCCCCCCCC(=O)C[C@H](O)[C@H](CCCCCC)C(=O)O. The van der Waals surface area contributed by atoms with Crippen LogP contribution in [-0.2, 0) is 9.59 Å². The van der Waals surface area contributed by atoms with Gasteiger partial charge in [0.15, 0.2) is 0 Å². The third kappa shape index (κ3) is 14.3. The minimum absolute atomic E-state index is 0.000235. The van der Waals surface area contributed by atoms with Gasteiger partial charge in [0.2, 0.25) is 0 Å². The molecule has 0 saturated heterocycles. The molecule has 0 bridgehead atoms. The van der Waals surface area contributed by atoms with Crippen molar-refractivity contribution in [3.05, 3.63) is 0 Å². The van der Waals surface area contributed by atoms with Crippen molar-refractivity contribution in [2.45, 2.75) is 123 Å². The second-order valence-electron chi connectivity index (χ2n) is 7.68. The van der Waals surface area contributed by atoms with Crippen LogP contribution >= 0.6 is 0 Å². The molecule has 0 heterocycles. The van der Waals surface area contributed by atoms with E-state index in [1.54, 1.807) is 0 Å². The summed E-state index contributed by atoms with van der Waals surface area (Å²) in [4.78, 5) is 23.4. The van der Waals surface area contributed by atoms with Crippen molar-refractivity contribution in [3.63, 3.8) is 0 Å². The van der Waals surface area contributed by atoms with Crippen LogP contribution in [0.4, 0.5) is 0 Å². The number of unbranched alkanes of at least 4 members (excludes halogenated alkanes) is 11. The summed E-state index contributed by atoms with van der Waals surface area (Å²) in [6, 6.07) is 0. The average molecular weight is 371 g/mol. The molecule has 0 fully saturated rings. The van der Waals surface area contributed by atoms with Crippen molar-refractivity contribution in [3.8, 4) is 0 Å². The van der Waals surface area contributed by atoms with E-state index in [9.17, 15) is 19.8 Å². The summed E-state index contributed by atoms with van der Waals surface area (Å²) < 4.78 is 0. The van der Waals surface area contributed by atoms with E-state index in [4.69, 9.17) is 0 Å². The lowest BCUT2D eigenvalue weighted by atomic mass is 9.91. The van der Waals surface area contributed by atoms with Crippen molar-refractivity contribution < 1.29 is 19.8 Å². The van der Waals surface area contributed by atoms with Crippen LogP contribution in [0.25, 0.3) is 0 Å². The molecular weight excluding hydrogens is 328 g/mol. The molecule has 0 aromatic heterocycles. The number of rotatable bonds is 19. The first-order chi connectivity index (χ1) is 12.5. The Labute approximate surface area is 160 Å². The molecule has 0 rings (SSSR count). The number of carboxylic acids is 1. The molecule has 0 unspecified atom stereocenters. The topological polar surface area (TPSA) is 74.6 Å². The molecule has 0 radical (unpaired) electrons. The van der Waals surface area contributed by atoms with E-state index in [1.165, 1.54) is 38.5 Å². The zero-order valence-corrected chi connectivity index (χ0v) is 17.2. The van der Waals surface area contributed by atoms with Gasteiger partial charge >= 0.3 is 5.97 Å². The molecule has 0 aliphatic heterocycles. The van der Waals surface area contributed by atoms with Crippen molar-refractivity contribution in [1.29, 1.82) is 0 Å². The molecule has 26 heavy (non-hydrogen) atoms. The Morgan fingerprint density at radius 3 is 1.69 bits per heavy atom. The maximum atomic E-state index is 12.0. The van der Waals surface area contributed by atoms with Gasteiger partial charge in [-0.1, -0.05) is 90.9 Å². The largest absolute Gasteiger partial charge is 0.481 e. The van der Waals surface area contributed by atoms with Gasteiger partial charge in [0.1, 0.15) is 5.78 Å². The summed E-state index contributed by atoms with van der Waals surface area (Å²) in [5.41, 5.74) is 0. The monoisotopic (exact) mass is 370 g/mol. The average Bonchev–Trinajstić information content (AvgIpc) is 2.59. The highest BCUT2D eigenvalue weighted by molar-refractivity contribution is 5.80. The van der Waals surface area contributed by atoms with Crippen LogP contribution in [0.1, 0.15) is 117 Å². The summed E-state index contributed by atoms with van der Waals surface area (Å²) in [6.45, 7) is 4.33. The summed E-state index contributed by atoms with van der Waals surface area (Å²) in [7, 11) is 0. The Morgan fingerprint density at radius 2 is 1.19 bits per heavy atom. The molecule has 0 aliphatic carbocycles. The smallest absolute Gasteiger partial charge is 0.309 e. The molecule has 0 aromatic rings. The fourth-order valence-corrected chi connectivity index (χ4v) is 3.38. The number of carbonyl (C=O) groups excluding carboxylic acids is 1. The molecule has 4 nitrogen and oxygen atoms in total. The van der Waals surface area contributed by atoms with Crippen molar-refractivity contribution in [2.24, 2.45) is 5.92 Å². The maximum Gasteiger partial charge on any atom is 0.309 e. The molecule has 0 saturated carbocycles. The molecule has 0 aromatic carbocycles. The van der Waals surface area contributed by atoms with E-state index in [1.807, 2.05) is 0 Å². The number of Topliss-reactive ketones (excluding diaryl/α,β-unsaturated/α-hetero) is 1. The zero-order valence-electron chi connectivity index (χ0n) is 17.2. The van der Waals surface area contributed by atoms with Crippen LogP contribution in [0.3, 0.4) is 0 Å². The Morgan fingerprint density at radius 1 is 0.731 bits per heavy atom. The first-order valence-electron chi connectivity index (χ1n) is 10.9. The highest BCUT2D eigenvalue weighted by Crippen LogP contribution is 2.19. The van der Waals surface area contributed by atoms with Gasteiger partial charge in [0.25, 0.3) is 0 Å². The molecule has 154 valence electrons.